The molecule has 3 aromatic carbocycles. The molecule has 0 aliphatic heterocycles. The van der Waals surface area contributed by atoms with E-state index in [1.807, 2.05) is 30.9 Å². The second kappa shape index (κ2) is 8.53. The first-order chi connectivity index (χ1) is 13.6. The predicted octanol–water partition coefficient (Wildman–Crippen LogP) is 4.70. The van der Waals surface area contributed by atoms with Gasteiger partial charge in [0, 0.05) is 29.8 Å². The van der Waals surface area contributed by atoms with Gasteiger partial charge in [-0.3, -0.25) is 9.59 Å². The third-order valence-electron chi connectivity index (χ3n) is 4.80. The van der Waals surface area contributed by atoms with Gasteiger partial charge < -0.3 is 10.0 Å². The molecule has 0 atom stereocenters. The number of rotatable bonds is 7. The Labute approximate surface area is 165 Å². The lowest BCUT2D eigenvalue weighted by molar-refractivity contribution is 0.100. The number of phenols is 1. The van der Waals surface area contributed by atoms with Crippen LogP contribution < -0.4 is 4.90 Å². The van der Waals surface area contributed by atoms with Gasteiger partial charge in [0.2, 0.25) is 0 Å². The van der Waals surface area contributed by atoms with Crippen LogP contribution in [0.25, 0.3) is 0 Å². The summed E-state index contributed by atoms with van der Waals surface area (Å²) in [5.74, 6) is -0.813. The van der Waals surface area contributed by atoms with Crippen LogP contribution in [0.15, 0.2) is 72.8 Å². The molecule has 0 amide bonds. The summed E-state index contributed by atoms with van der Waals surface area (Å²) in [4.78, 5) is 28.3. The molecule has 0 aliphatic rings. The summed E-state index contributed by atoms with van der Waals surface area (Å²) in [5.41, 5.74) is 1.70. The van der Waals surface area contributed by atoms with Crippen molar-refractivity contribution in [3.8, 4) is 5.75 Å². The lowest BCUT2D eigenvalue weighted by Crippen LogP contribution is -2.23. The normalized spacial score (nSPS) is 10.5. The fourth-order valence-corrected chi connectivity index (χ4v) is 3.30. The van der Waals surface area contributed by atoms with Crippen molar-refractivity contribution >= 4 is 17.3 Å². The quantitative estimate of drug-likeness (QED) is 0.610. The molecule has 0 aliphatic carbocycles. The number of benzene rings is 3. The molecule has 0 bridgehead atoms. The Morgan fingerprint density at radius 2 is 1.25 bits per heavy atom. The third kappa shape index (κ3) is 3.67. The summed E-state index contributed by atoms with van der Waals surface area (Å²) in [6.07, 6.45) is 0. The zero-order chi connectivity index (χ0) is 20.1. The van der Waals surface area contributed by atoms with Gasteiger partial charge in [0.15, 0.2) is 17.3 Å². The fourth-order valence-electron chi connectivity index (χ4n) is 3.30. The Morgan fingerprint density at radius 3 is 1.75 bits per heavy atom. The van der Waals surface area contributed by atoms with Crippen LogP contribution in [0, 0.1) is 0 Å². The number of hydrogen-bond acceptors (Lipinski definition) is 4. The molecule has 28 heavy (non-hydrogen) atoms. The van der Waals surface area contributed by atoms with Gasteiger partial charge >= 0.3 is 0 Å². The van der Waals surface area contributed by atoms with Gasteiger partial charge in [-0.1, -0.05) is 60.7 Å². The zero-order valence-corrected chi connectivity index (χ0v) is 16.1. The molecule has 0 heterocycles. The number of carbonyl (C=O) groups is 2. The van der Waals surface area contributed by atoms with Gasteiger partial charge in [-0.25, -0.2) is 0 Å². The maximum Gasteiger partial charge on any atom is 0.197 e. The average Bonchev–Trinajstić information content (AvgIpc) is 2.75. The number of hydrogen-bond donors (Lipinski definition) is 1. The highest BCUT2D eigenvalue weighted by Crippen LogP contribution is 2.35. The molecule has 0 saturated heterocycles. The molecule has 1 N–H and O–H groups in total. The molecule has 0 fully saturated rings. The van der Waals surface area contributed by atoms with Crippen LogP contribution >= 0.6 is 0 Å². The molecule has 0 radical (unpaired) electrons. The Kier molecular flexibility index (Phi) is 5.90. The van der Waals surface area contributed by atoms with E-state index in [-0.39, 0.29) is 28.4 Å². The molecule has 3 aromatic rings. The first-order valence-electron chi connectivity index (χ1n) is 9.38. The Balaban J connectivity index is 2.21. The van der Waals surface area contributed by atoms with Crippen LogP contribution in [-0.4, -0.2) is 29.8 Å². The van der Waals surface area contributed by atoms with Gasteiger partial charge in [-0.05, 0) is 26.0 Å². The Morgan fingerprint density at radius 1 is 0.750 bits per heavy atom. The van der Waals surface area contributed by atoms with Crippen LogP contribution in [0.4, 0.5) is 5.69 Å². The summed E-state index contributed by atoms with van der Waals surface area (Å²) in [6, 6.07) is 20.8. The summed E-state index contributed by atoms with van der Waals surface area (Å²) < 4.78 is 0. The van der Waals surface area contributed by atoms with E-state index in [4.69, 9.17) is 0 Å². The van der Waals surface area contributed by atoms with Crippen molar-refractivity contribution in [3.63, 3.8) is 0 Å². The molecule has 4 nitrogen and oxygen atoms in total. The van der Waals surface area contributed by atoms with Gasteiger partial charge in [0.25, 0.3) is 0 Å². The predicted molar refractivity (Wildman–Crippen MR) is 111 cm³/mol. The van der Waals surface area contributed by atoms with Crippen LogP contribution in [0.5, 0.6) is 5.75 Å². The minimum Gasteiger partial charge on any atom is -0.505 e. The zero-order valence-electron chi connectivity index (χ0n) is 16.1. The maximum absolute atomic E-state index is 13.2. The van der Waals surface area contributed by atoms with Crippen LogP contribution in [0.3, 0.4) is 0 Å². The topological polar surface area (TPSA) is 57.6 Å². The van der Waals surface area contributed by atoms with Crippen molar-refractivity contribution in [1.82, 2.24) is 0 Å². The van der Waals surface area contributed by atoms with Gasteiger partial charge in [-0.15, -0.1) is 0 Å². The largest absolute Gasteiger partial charge is 0.505 e. The van der Waals surface area contributed by atoms with E-state index in [0.717, 1.165) is 0 Å². The van der Waals surface area contributed by atoms with Gasteiger partial charge in [0.1, 0.15) is 0 Å². The average molecular weight is 373 g/mol. The maximum atomic E-state index is 13.2. The Hall–Kier alpha value is -3.40. The van der Waals surface area contributed by atoms with E-state index in [1.54, 1.807) is 60.7 Å². The lowest BCUT2D eigenvalue weighted by atomic mass is 9.91. The number of carbonyl (C=O) groups excluding carboxylic acids is 2. The highest BCUT2D eigenvalue weighted by Gasteiger charge is 2.26. The minimum atomic E-state index is -0.369. The number of phenolic OH excluding ortho intramolecular Hbond substituents is 1. The first kappa shape index (κ1) is 19.4. The second-order valence-electron chi connectivity index (χ2n) is 6.42. The van der Waals surface area contributed by atoms with Crippen molar-refractivity contribution in [2.75, 3.05) is 18.0 Å². The summed E-state index contributed by atoms with van der Waals surface area (Å²) >= 11 is 0. The molecule has 0 aromatic heterocycles. The van der Waals surface area contributed by atoms with Crippen LogP contribution in [0.1, 0.15) is 45.7 Å². The summed E-state index contributed by atoms with van der Waals surface area (Å²) in [6.45, 7) is 5.30. The lowest BCUT2D eigenvalue weighted by Gasteiger charge is -2.24. The summed E-state index contributed by atoms with van der Waals surface area (Å²) in [7, 11) is 0. The molecule has 142 valence electrons. The SMILES string of the molecule is CCN(CC)c1ccc(C(=O)c2ccccc2)c(C(=O)c2ccccc2)c1O. The van der Waals surface area contributed by atoms with Crippen LogP contribution in [0.2, 0.25) is 0 Å². The summed E-state index contributed by atoms with van der Waals surface area (Å²) in [5, 5.41) is 11.0. The molecular formula is C24H23NO3. The van der Waals surface area contributed by atoms with Crippen LogP contribution in [-0.2, 0) is 0 Å². The monoisotopic (exact) mass is 373 g/mol. The molecule has 0 unspecified atom stereocenters. The van der Waals surface area contributed by atoms with E-state index in [2.05, 4.69) is 0 Å². The smallest absolute Gasteiger partial charge is 0.197 e. The van der Waals surface area contributed by atoms with Crippen molar-refractivity contribution in [1.29, 1.82) is 0 Å². The van der Waals surface area contributed by atoms with Crippen molar-refractivity contribution in [2.45, 2.75) is 13.8 Å². The number of anilines is 1. The minimum absolute atomic E-state index is 0.0458. The van der Waals surface area contributed by atoms with Crippen molar-refractivity contribution < 1.29 is 14.7 Å². The fraction of sp³-hybridized carbons (Fsp3) is 0.167. The molecule has 4 heteroatoms. The van der Waals surface area contributed by atoms with Crippen molar-refractivity contribution in [2.24, 2.45) is 0 Å². The molecule has 0 spiro atoms. The standard InChI is InChI=1S/C24H23NO3/c1-3-25(4-2)20-16-15-19(22(26)17-11-7-5-8-12-17)21(24(20)28)23(27)18-13-9-6-10-14-18/h5-16,28H,3-4H2,1-2H3. The van der Waals surface area contributed by atoms with E-state index in [1.165, 1.54) is 0 Å². The van der Waals surface area contributed by atoms with E-state index in [9.17, 15) is 14.7 Å². The molecular weight excluding hydrogens is 350 g/mol. The molecule has 3 rings (SSSR count). The number of ketones is 2. The number of aromatic hydroxyl groups is 1. The van der Waals surface area contributed by atoms with E-state index < -0.39 is 0 Å². The van der Waals surface area contributed by atoms with E-state index in [0.29, 0.717) is 29.9 Å². The van der Waals surface area contributed by atoms with Gasteiger partial charge in [0.05, 0.1) is 11.3 Å². The number of nitrogens with zero attached hydrogens (tertiary/aromatic N) is 1. The van der Waals surface area contributed by atoms with Crippen molar-refractivity contribution in [3.05, 3.63) is 95.1 Å². The highest BCUT2D eigenvalue weighted by molar-refractivity contribution is 6.21. The first-order valence-corrected chi connectivity index (χ1v) is 9.38. The molecule has 0 saturated carbocycles. The third-order valence-corrected chi connectivity index (χ3v) is 4.80. The van der Waals surface area contributed by atoms with E-state index >= 15 is 0 Å². The Bertz CT molecular complexity index is 977. The van der Waals surface area contributed by atoms with Gasteiger partial charge in [-0.2, -0.15) is 0 Å². The highest BCUT2D eigenvalue weighted by atomic mass is 16.3. The second-order valence-corrected chi connectivity index (χ2v) is 6.42.